The number of hydrogen-bond donors (Lipinski definition) is 1. The standard InChI is InChI=1S/C11H12N4O4/c1-7-13-11(14-19-7)6-12-9-4-3-8(18-2)5-10(9)15(16)17/h3-5,12H,6H2,1-2H3. The summed E-state index contributed by atoms with van der Waals surface area (Å²) in [6, 6.07) is 4.56. The molecule has 0 bridgehead atoms. The third-order valence-electron chi connectivity index (χ3n) is 2.41. The Morgan fingerprint density at radius 2 is 2.32 bits per heavy atom. The molecule has 0 saturated heterocycles. The Kier molecular flexibility index (Phi) is 3.60. The minimum atomic E-state index is -0.480. The van der Waals surface area contributed by atoms with Gasteiger partial charge in [0, 0.05) is 6.92 Å². The van der Waals surface area contributed by atoms with Crippen LogP contribution in [-0.2, 0) is 6.54 Å². The molecule has 1 aromatic carbocycles. The second-order valence-electron chi connectivity index (χ2n) is 3.72. The SMILES string of the molecule is COc1ccc(NCc2noc(C)n2)c([N+](=O)[O-])c1. The average Bonchev–Trinajstić information content (AvgIpc) is 2.82. The van der Waals surface area contributed by atoms with Gasteiger partial charge in [0.2, 0.25) is 5.89 Å². The van der Waals surface area contributed by atoms with E-state index in [2.05, 4.69) is 15.5 Å². The molecule has 0 radical (unpaired) electrons. The Hall–Kier alpha value is -2.64. The second-order valence-corrected chi connectivity index (χ2v) is 3.72. The van der Waals surface area contributed by atoms with Crippen molar-refractivity contribution in [2.24, 2.45) is 0 Å². The molecule has 0 spiro atoms. The molecule has 8 heteroatoms. The van der Waals surface area contributed by atoms with E-state index in [0.717, 1.165) is 0 Å². The van der Waals surface area contributed by atoms with Crippen molar-refractivity contribution in [3.05, 3.63) is 40.0 Å². The topological polar surface area (TPSA) is 103 Å². The highest BCUT2D eigenvalue weighted by atomic mass is 16.6. The van der Waals surface area contributed by atoms with Crippen molar-refractivity contribution in [2.45, 2.75) is 13.5 Å². The number of nitro benzene ring substituents is 1. The first-order valence-electron chi connectivity index (χ1n) is 5.45. The summed E-state index contributed by atoms with van der Waals surface area (Å²) in [7, 11) is 1.45. The maximum Gasteiger partial charge on any atom is 0.296 e. The molecule has 19 heavy (non-hydrogen) atoms. The van der Waals surface area contributed by atoms with Gasteiger partial charge in [-0.3, -0.25) is 10.1 Å². The van der Waals surface area contributed by atoms with Crippen LogP contribution in [0, 0.1) is 17.0 Å². The van der Waals surface area contributed by atoms with E-state index in [1.165, 1.54) is 13.2 Å². The van der Waals surface area contributed by atoms with Crippen molar-refractivity contribution < 1.29 is 14.2 Å². The van der Waals surface area contributed by atoms with Gasteiger partial charge < -0.3 is 14.6 Å². The van der Waals surface area contributed by atoms with E-state index in [-0.39, 0.29) is 12.2 Å². The van der Waals surface area contributed by atoms with E-state index in [4.69, 9.17) is 9.26 Å². The fourth-order valence-electron chi connectivity index (χ4n) is 1.53. The van der Waals surface area contributed by atoms with Crippen LogP contribution in [0.3, 0.4) is 0 Å². The molecular weight excluding hydrogens is 252 g/mol. The highest BCUT2D eigenvalue weighted by Crippen LogP contribution is 2.29. The summed E-state index contributed by atoms with van der Waals surface area (Å²) in [6.07, 6.45) is 0. The van der Waals surface area contributed by atoms with Gasteiger partial charge in [-0.15, -0.1) is 0 Å². The molecule has 2 rings (SSSR count). The van der Waals surface area contributed by atoms with Crippen LogP contribution in [0.15, 0.2) is 22.7 Å². The van der Waals surface area contributed by atoms with Crippen molar-refractivity contribution in [1.29, 1.82) is 0 Å². The molecule has 0 amide bonds. The number of anilines is 1. The number of nitrogens with zero attached hydrogens (tertiary/aromatic N) is 3. The third kappa shape index (κ3) is 2.97. The zero-order chi connectivity index (χ0) is 13.8. The smallest absolute Gasteiger partial charge is 0.296 e. The lowest BCUT2D eigenvalue weighted by Crippen LogP contribution is -2.04. The van der Waals surface area contributed by atoms with E-state index in [1.54, 1.807) is 19.1 Å². The molecule has 0 aliphatic heterocycles. The fraction of sp³-hybridized carbons (Fsp3) is 0.273. The molecule has 0 atom stereocenters. The first-order valence-corrected chi connectivity index (χ1v) is 5.45. The van der Waals surface area contributed by atoms with Crippen molar-refractivity contribution >= 4 is 11.4 Å². The fourth-order valence-corrected chi connectivity index (χ4v) is 1.53. The number of nitrogens with one attached hydrogen (secondary N) is 1. The molecular formula is C11H12N4O4. The van der Waals surface area contributed by atoms with Crippen molar-refractivity contribution in [2.75, 3.05) is 12.4 Å². The highest BCUT2D eigenvalue weighted by Gasteiger charge is 2.15. The maximum absolute atomic E-state index is 11.0. The summed E-state index contributed by atoms with van der Waals surface area (Å²) >= 11 is 0. The van der Waals surface area contributed by atoms with Gasteiger partial charge in [-0.1, -0.05) is 5.16 Å². The monoisotopic (exact) mass is 264 g/mol. The maximum atomic E-state index is 11.0. The second kappa shape index (κ2) is 5.34. The van der Waals surface area contributed by atoms with Gasteiger partial charge >= 0.3 is 0 Å². The lowest BCUT2D eigenvalue weighted by molar-refractivity contribution is -0.384. The molecule has 1 aromatic heterocycles. The normalized spacial score (nSPS) is 10.2. The number of aromatic nitrogens is 2. The van der Waals surface area contributed by atoms with Gasteiger partial charge in [0.1, 0.15) is 11.4 Å². The Labute approximate surface area is 108 Å². The van der Waals surface area contributed by atoms with Crippen LogP contribution >= 0.6 is 0 Å². The number of ether oxygens (including phenoxy) is 1. The Balaban J connectivity index is 2.17. The van der Waals surface area contributed by atoms with Crippen LogP contribution in [0.5, 0.6) is 5.75 Å². The van der Waals surface area contributed by atoms with Crippen LogP contribution in [-0.4, -0.2) is 22.2 Å². The molecule has 100 valence electrons. The predicted molar refractivity (Wildman–Crippen MR) is 66.0 cm³/mol. The first-order chi connectivity index (χ1) is 9.10. The number of rotatable bonds is 5. The summed E-state index contributed by atoms with van der Waals surface area (Å²) < 4.78 is 9.77. The summed E-state index contributed by atoms with van der Waals surface area (Å²) in [4.78, 5) is 14.5. The predicted octanol–water partition coefficient (Wildman–Crippen LogP) is 1.91. The molecule has 0 aliphatic rings. The number of nitro groups is 1. The zero-order valence-electron chi connectivity index (χ0n) is 10.4. The average molecular weight is 264 g/mol. The van der Waals surface area contributed by atoms with Gasteiger partial charge in [0.25, 0.3) is 5.69 Å². The van der Waals surface area contributed by atoms with Gasteiger partial charge in [-0.25, -0.2) is 0 Å². The van der Waals surface area contributed by atoms with Crippen LogP contribution in [0.1, 0.15) is 11.7 Å². The van der Waals surface area contributed by atoms with E-state index in [1.807, 2.05) is 0 Å². The van der Waals surface area contributed by atoms with Crippen molar-refractivity contribution in [1.82, 2.24) is 10.1 Å². The largest absolute Gasteiger partial charge is 0.496 e. The van der Waals surface area contributed by atoms with E-state index >= 15 is 0 Å². The summed E-state index contributed by atoms with van der Waals surface area (Å²) in [5.41, 5.74) is 0.299. The van der Waals surface area contributed by atoms with Gasteiger partial charge in [-0.2, -0.15) is 4.98 Å². The quantitative estimate of drug-likeness (QED) is 0.649. The zero-order valence-corrected chi connectivity index (χ0v) is 10.4. The molecule has 8 nitrogen and oxygen atoms in total. The van der Waals surface area contributed by atoms with Gasteiger partial charge in [-0.05, 0) is 12.1 Å². The van der Waals surface area contributed by atoms with Gasteiger partial charge in [0.05, 0.1) is 24.6 Å². The molecule has 1 heterocycles. The van der Waals surface area contributed by atoms with Crippen LogP contribution < -0.4 is 10.1 Å². The van der Waals surface area contributed by atoms with E-state index in [0.29, 0.717) is 23.2 Å². The molecule has 0 fully saturated rings. The molecule has 2 aromatic rings. The van der Waals surface area contributed by atoms with Crippen LogP contribution in [0.4, 0.5) is 11.4 Å². The lowest BCUT2D eigenvalue weighted by Gasteiger charge is -2.06. The van der Waals surface area contributed by atoms with Crippen molar-refractivity contribution in [3.8, 4) is 5.75 Å². The van der Waals surface area contributed by atoms with E-state index < -0.39 is 4.92 Å². The minimum absolute atomic E-state index is 0.0698. The molecule has 0 saturated carbocycles. The highest BCUT2D eigenvalue weighted by molar-refractivity contribution is 5.63. The molecule has 0 aliphatic carbocycles. The molecule has 0 unspecified atom stereocenters. The number of benzene rings is 1. The Bertz CT molecular complexity index is 596. The summed E-state index contributed by atoms with van der Waals surface area (Å²) in [5.74, 6) is 1.30. The summed E-state index contributed by atoms with van der Waals surface area (Å²) in [5, 5.41) is 17.6. The minimum Gasteiger partial charge on any atom is -0.496 e. The van der Waals surface area contributed by atoms with Gasteiger partial charge in [0.15, 0.2) is 5.82 Å². The first kappa shape index (κ1) is 12.8. The van der Waals surface area contributed by atoms with E-state index in [9.17, 15) is 10.1 Å². The van der Waals surface area contributed by atoms with Crippen molar-refractivity contribution in [3.63, 3.8) is 0 Å². The number of hydrogen-bond acceptors (Lipinski definition) is 7. The lowest BCUT2D eigenvalue weighted by atomic mass is 10.2. The number of aryl methyl sites for hydroxylation is 1. The Morgan fingerprint density at radius 1 is 1.53 bits per heavy atom. The summed E-state index contributed by atoms with van der Waals surface area (Å²) in [6.45, 7) is 1.91. The van der Waals surface area contributed by atoms with Crippen LogP contribution in [0.2, 0.25) is 0 Å². The molecule has 1 N–H and O–H groups in total. The number of methoxy groups -OCH3 is 1. The van der Waals surface area contributed by atoms with Crippen LogP contribution in [0.25, 0.3) is 0 Å². The third-order valence-corrected chi connectivity index (χ3v) is 2.41. The Morgan fingerprint density at radius 3 is 2.89 bits per heavy atom.